The highest BCUT2D eigenvalue weighted by Gasteiger charge is 2.15. The number of aromatic nitrogens is 1. The molecule has 0 saturated carbocycles. The first kappa shape index (κ1) is 12.2. The van der Waals surface area contributed by atoms with E-state index in [1.54, 1.807) is 11.3 Å². The van der Waals surface area contributed by atoms with Crippen molar-refractivity contribution in [3.8, 4) is 0 Å². The molecule has 1 fully saturated rings. The van der Waals surface area contributed by atoms with Crippen LogP contribution < -0.4 is 10.2 Å². The van der Waals surface area contributed by atoms with Gasteiger partial charge in [0.05, 0.1) is 10.2 Å². The van der Waals surface area contributed by atoms with E-state index in [0.29, 0.717) is 0 Å². The van der Waals surface area contributed by atoms with Crippen molar-refractivity contribution < 1.29 is 0 Å². The third-order valence-corrected chi connectivity index (χ3v) is 4.53. The number of aryl methyl sites for hydroxylation is 1. The van der Waals surface area contributed by atoms with Crippen LogP contribution in [0.3, 0.4) is 0 Å². The molecule has 1 N–H and O–H groups in total. The average molecular weight is 282 g/mol. The fourth-order valence-electron chi connectivity index (χ4n) is 2.31. The molecule has 18 heavy (non-hydrogen) atoms. The van der Waals surface area contributed by atoms with Crippen LogP contribution in [0.25, 0.3) is 10.2 Å². The number of hydrogen-bond donors (Lipinski definition) is 1. The van der Waals surface area contributed by atoms with E-state index in [1.165, 1.54) is 11.1 Å². The second kappa shape index (κ2) is 5.03. The number of thiazole rings is 1. The van der Waals surface area contributed by atoms with E-state index in [9.17, 15) is 0 Å². The highest BCUT2D eigenvalue weighted by Crippen LogP contribution is 2.33. The highest BCUT2D eigenvalue weighted by atomic mass is 35.5. The van der Waals surface area contributed by atoms with E-state index in [-0.39, 0.29) is 0 Å². The summed E-state index contributed by atoms with van der Waals surface area (Å²) in [6.07, 6.45) is 1.18. The van der Waals surface area contributed by atoms with Gasteiger partial charge >= 0.3 is 0 Å². The minimum Gasteiger partial charge on any atom is -0.347 e. The van der Waals surface area contributed by atoms with E-state index < -0.39 is 0 Å². The van der Waals surface area contributed by atoms with Crippen LogP contribution >= 0.6 is 22.9 Å². The predicted octanol–water partition coefficient (Wildman–Crippen LogP) is 3.06. The van der Waals surface area contributed by atoms with E-state index >= 15 is 0 Å². The molecule has 1 aromatic heterocycles. The molecule has 1 aliphatic heterocycles. The van der Waals surface area contributed by atoms with Gasteiger partial charge in [-0.25, -0.2) is 4.98 Å². The Morgan fingerprint density at radius 1 is 1.33 bits per heavy atom. The number of benzene rings is 1. The Kier molecular flexibility index (Phi) is 3.41. The summed E-state index contributed by atoms with van der Waals surface area (Å²) in [4.78, 5) is 7.15. The molecular formula is C13H16ClN3S. The van der Waals surface area contributed by atoms with E-state index in [4.69, 9.17) is 16.6 Å². The van der Waals surface area contributed by atoms with Crippen molar-refractivity contribution in [3.63, 3.8) is 0 Å². The summed E-state index contributed by atoms with van der Waals surface area (Å²) < 4.78 is 1.19. The summed E-state index contributed by atoms with van der Waals surface area (Å²) in [5.41, 5.74) is 2.25. The lowest BCUT2D eigenvalue weighted by molar-refractivity contribution is 0.724. The first-order chi connectivity index (χ1) is 8.74. The molecule has 1 aliphatic rings. The Hall–Kier alpha value is -0.840. The monoisotopic (exact) mass is 281 g/mol. The molecule has 3 rings (SSSR count). The molecule has 3 nitrogen and oxygen atoms in total. The first-order valence-electron chi connectivity index (χ1n) is 6.26. The smallest absolute Gasteiger partial charge is 0.186 e. The zero-order valence-corrected chi connectivity index (χ0v) is 11.9. The third kappa shape index (κ3) is 2.32. The Bertz CT molecular complexity index is 559. The second-order valence-corrected chi connectivity index (χ2v) is 6.10. The van der Waals surface area contributed by atoms with Crippen LogP contribution in [0.15, 0.2) is 12.1 Å². The van der Waals surface area contributed by atoms with Gasteiger partial charge in [-0.05, 0) is 37.6 Å². The summed E-state index contributed by atoms with van der Waals surface area (Å²) in [6.45, 7) is 6.33. The number of anilines is 1. The number of nitrogens with zero attached hydrogens (tertiary/aromatic N) is 2. The van der Waals surface area contributed by atoms with Gasteiger partial charge in [0.2, 0.25) is 0 Å². The van der Waals surface area contributed by atoms with Gasteiger partial charge < -0.3 is 10.2 Å². The Morgan fingerprint density at radius 3 is 3.11 bits per heavy atom. The van der Waals surface area contributed by atoms with Gasteiger partial charge in [-0.3, -0.25) is 0 Å². The van der Waals surface area contributed by atoms with Crippen molar-refractivity contribution in [2.24, 2.45) is 0 Å². The summed E-state index contributed by atoms with van der Waals surface area (Å²) >= 11 is 7.84. The van der Waals surface area contributed by atoms with E-state index in [0.717, 1.165) is 47.4 Å². The molecular weight excluding hydrogens is 266 g/mol. The third-order valence-electron chi connectivity index (χ3n) is 3.25. The number of nitrogens with one attached hydrogen (secondary N) is 1. The van der Waals surface area contributed by atoms with Gasteiger partial charge in [0.15, 0.2) is 5.13 Å². The predicted molar refractivity (Wildman–Crippen MR) is 79.1 cm³/mol. The minimum atomic E-state index is 0.799. The van der Waals surface area contributed by atoms with Gasteiger partial charge in [0.25, 0.3) is 0 Å². The molecule has 2 heterocycles. The molecule has 1 saturated heterocycles. The molecule has 0 amide bonds. The summed E-state index contributed by atoms with van der Waals surface area (Å²) in [5, 5.41) is 5.34. The van der Waals surface area contributed by atoms with Crippen LogP contribution in [0, 0.1) is 6.92 Å². The normalized spacial score (nSPS) is 17.1. The van der Waals surface area contributed by atoms with Crippen LogP contribution in [-0.2, 0) is 0 Å². The zero-order chi connectivity index (χ0) is 12.5. The number of rotatable bonds is 1. The van der Waals surface area contributed by atoms with Crippen LogP contribution in [0.5, 0.6) is 0 Å². The molecule has 1 aromatic carbocycles. The molecule has 0 atom stereocenters. The Balaban J connectivity index is 1.99. The quantitative estimate of drug-likeness (QED) is 0.871. The summed E-state index contributed by atoms with van der Waals surface area (Å²) in [6, 6.07) is 4.00. The Labute approximate surface area is 116 Å². The standard InChI is InChI=1S/C13H16ClN3S/c1-9-7-10(14)8-11-12(9)16-13(18-11)17-5-2-3-15-4-6-17/h7-8,15H,2-6H2,1H3. The van der Waals surface area contributed by atoms with Crippen LogP contribution in [0.2, 0.25) is 5.02 Å². The van der Waals surface area contributed by atoms with Gasteiger partial charge in [-0.15, -0.1) is 0 Å². The largest absolute Gasteiger partial charge is 0.347 e. The second-order valence-electron chi connectivity index (χ2n) is 4.66. The lowest BCUT2D eigenvalue weighted by Gasteiger charge is -2.17. The first-order valence-corrected chi connectivity index (χ1v) is 7.46. The summed E-state index contributed by atoms with van der Waals surface area (Å²) in [7, 11) is 0. The zero-order valence-electron chi connectivity index (χ0n) is 10.4. The molecule has 2 aromatic rings. The minimum absolute atomic E-state index is 0.799. The van der Waals surface area contributed by atoms with Crippen LogP contribution in [-0.4, -0.2) is 31.2 Å². The lowest BCUT2D eigenvalue weighted by atomic mass is 10.2. The molecule has 0 bridgehead atoms. The van der Waals surface area contributed by atoms with Crippen LogP contribution in [0.1, 0.15) is 12.0 Å². The molecule has 96 valence electrons. The maximum absolute atomic E-state index is 6.10. The van der Waals surface area contributed by atoms with E-state index in [2.05, 4.69) is 17.1 Å². The Morgan fingerprint density at radius 2 is 2.22 bits per heavy atom. The van der Waals surface area contributed by atoms with Crippen LogP contribution in [0.4, 0.5) is 5.13 Å². The van der Waals surface area contributed by atoms with Crippen molar-refractivity contribution in [3.05, 3.63) is 22.7 Å². The maximum atomic E-state index is 6.10. The fourth-order valence-corrected chi connectivity index (χ4v) is 3.79. The number of hydrogen-bond acceptors (Lipinski definition) is 4. The van der Waals surface area contributed by atoms with Gasteiger partial charge in [0, 0.05) is 24.7 Å². The van der Waals surface area contributed by atoms with Gasteiger partial charge in [-0.2, -0.15) is 0 Å². The number of fused-ring (bicyclic) bond motifs is 1. The molecule has 0 aliphatic carbocycles. The van der Waals surface area contributed by atoms with Crippen molar-refractivity contribution in [1.29, 1.82) is 0 Å². The van der Waals surface area contributed by atoms with Crippen molar-refractivity contribution >= 4 is 38.3 Å². The molecule has 0 radical (unpaired) electrons. The molecule has 5 heteroatoms. The molecule has 0 unspecified atom stereocenters. The van der Waals surface area contributed by atoms with Gasteiger partial charge in [-0.1, -0.05) is 22.9 Å². The average Bonchev–Trinajstić information content (AvgIpc) is 2.59. The van der Waals surface area contributed by atoms with Crippen molar-refractivity contribution in [1.82, 2.24) is 10.3 Å². The van der Waals surface area contributed by atoms with E-state index in [1.807, 2.05) is 12.1 Å². The van der Waals surface area contributed by atoms with Gasteiger partial charge in [0.1, 0.15) is 0 Å². The maximum Gasteiger partial charge on any atom is 0.186 e. The number of halogens is 1. The lowest BCUT2D eigenvalue weighted by Crippen LogP contribution is -2.27. The SMILES string of the molecule is Cc1cc(Cl)cc2sc(N3CCCNCC3)nc12. The highest BCUT2D eigenvalue weighted by molar-refractivity contribution is 7.22. The van der Waals surface area contributed by atoms with Crippen molar-refractivity contribution in [2.75, 3.05) is 31.1 Å². The topological polar surface area (TPSA) is 28.2 Å². The van der Waals surface area contributed by atoms with Crippen molar-refractivity contribution in [2.45, 2.75) is 13.3 Å². The molecule has 0 spiro atoms. The summed E-state index contributed by atoms with van der Waals surface area (Å²) in [5.74, 6) is 0. The fraction of sp³-hybridized carbons (Fsp3) is 0.462.